The molecule has 0 saturated heterocycles. The molecule has 0 atom stereocenters. The third-order valence-corrected chi connectivity index (χ3v) is 1.82. The standard InChI is InChI=1S/C11H18O4/c1-2-3-4-5-9(12)6-7-10(13)8-11(14)15/h4-5,11,14-15H,2-3,6-8H2,1H3. The smallest absolute Gasteiger partial charge is 0.158 e. The van der Waals surface area contributed by atoms with E-state index >= 15 is 0 Å². The van der Waals surface area contributed by atoms with Crippen LogP contribution >= 0.6 is 0 Å². The maximum atomic E-state index is 11.1. The largest absolute Gasteiger partial charge is 0.368 e. The Labute approximate surface area is 89.6 Å². The van der Waals surface area contributed by atoms with E-state index in [0.717, 1.165) is 12.8 Å². The molecule has 0 aromatic carbocycles. The van der Waals surface area contributed by atoms with Crippen LogP contribution in [-0.4, -0.2) is 28.1 Å². The summed E-state index contributed by atoms with van der Waals surface area (Å²) in [5.74, 6) is -0.397. The Hall–Kier alpha value is -1.00. The van der Waals surface area contributed by atoms with E-state index < -0.39 is 6.29 Å². The van der Waals surface area contributed by atoms with Gasteiger partial charge >= 0.3 is 0 Å². The number of ketones is 2. The molecule has 0 fully saturated rings. The lowest BCUT2D eigenvalue weighted by Crippen LogP contribution is -2.12. The predicted molar refractivity (Wildman–Crippen MR) is 56.1 cm³/mol. The molecule has 4 heteroatoms. The molecule has 0 heterocycles. The van der Waals surface area contributed by atoms with E-state index in [-0.39, 0.29) is 30.8 Å². The van der Waals surface area contributed by atoms with Crippen molar-refractivity contribution in [2.24, 2.45) is 0 Å². The first-order valence-corrected chi connectivity index (χ1v) is 5.13. The Morgan fingerprint density at radius 3 is 2.47 bits per heavy atom. The highest BCUT2D eigenvalue weighted by Crippen LogP contribution is 2.00. The maximum absolute atomic E-state index is 11.1. The number of rotatable bonds is 8. The van der Waals surface area contributed by atoms with E-state index in [0.29, 0.717) is 0 Å². The molecule has 0 aliphatic heterocycles. The average Bonchev–Trinajstić information content (AvgIpc) is 2.14. The molecular formula is C11H18O4. The van der Waals surface area contributed by atoms with Gasteiger partial charge in [-0.05, 0) is 12.5 Å². The van der Waals surface area contributed by atoms with E-state index in [4.69, 9.17) is 10.2 Å². The first-order chi connectivity index (χ1) is 7.06. The Morgan fingerprint density at radius 1 is 1.27 bits per heavy atom. The molecule has 15 heavy (non-hydrogen) atoms. The highest BCUT2D eigenvalue weighted by molar-refractivity contribution is 5.92. The molecule has 0 unspecified atom stereocenters. The summed E-state index contributed by atoms with van der Waals surface area (Å²) in [6.45, 7) is 2.01. The predicted octanol–water partition coefficient (Wildman–Crippen LogP) is 0.962. The van der Waals surface area contributed by atoms with Gasteiger partial charge in [0.15, 0.2) is 12.1 Å². The van der Waals surface area contributed by atoms with Crippen LogP contribution in [0.1, 0.15) is 39.0 Å². The van der Waals surface area contributed by atoms with Crippen molar-refractivity contribution in [3.8, 4) is 0 Å². The highest BCUT2D eigenvalue weighted by Gasteiger charge is 2.08. The SMILES string of the molecule is CCCC=CC(=O)CCC(=O)CC(O)O. The van der Waals surface area contributed by atoms with Crippen molar-refractivity contribution < 1.29 is 19.8 Å². The van der Waals surface area contributed by atoms with Gasteiger partial charge in [-0.15, -0.1) is 0 Å². The zero-order valence-electron chi connectivity index (χ0n) is 8.98. The highest BCUT2D eigenvalue weighted by atomic mass is 16.5. The monoisotopic (exact) mass is 214 g/mol. The molecule has 86 valence electrons. The number of hydrogen-bond donors (Lipinski definition) is 2. The lowest BCUT2D eigenvalue weighted by molar-refractivity contribution is -0.129. The quantitative estimate of drug-likeness (QED) is 0.466. The van der Waals surface area contributed by atoms with Crippen molar-refractivity contribution in [1.29, 1.82) is 0 Å². The maximum Gasteiger partial charge on any atom is 0.158 e. The van der Waals surface area contributed by atoms with E-state index in [1.54, 1.807) is 6.08 Å². The molecule has 4 nitrogen and oxygen atoms in total. The first-order valence-electron chi connectivity index (χ1n) is 5.13. The molecule has 0 saturated carbocycles. The second-order valence-corrected chi connectivity index (χ2v) is 3.38. The van der Waals surface area contributed by atoms with Crippen LogP contribution in [-0.2, 0) is 9.59 Å². The van der Waals surface area contributed by atoms with Crippen LogP contribution in [0.25, 0.3) is 0 Å². The number of carbonyl (C=O) groups is 2. The fraction of sp³-hybridized carbons (Fsp3) is 0.636. The van der Waals surface area contributed by atoms with E-state index in [9.17, 15) is 9.59 Å². The van der Waals surface area contributed by atoms with Crippen LogP contribution in [0.2, 0.25) is 0 Å². The van der Waals surface area contributed by atoms with Gasteiger partial charge in [-0.3, -0.25) is 9.59 Å². The summed E-state index contributed by atoms with van der Waals surface area (Å²) in [4.78, 5) is 22.1. The van der Waals surface area contributed by atoms with Gasteiger partial charge in [0.25, 0.3) is 0 Å². The van der Waals surface area contributed by atoms with Crippen LogP contribution in [0.4, 0.5) is 0 Å². The molecule has 0 aromatic heterocycles. The van der Waals surface area contributed by atoms with Gasteiger partial charge in [-0.25, -0.2) is 0 Å². The summed E-state index contributed by atoms with van der Waals surface area (Å²) < 4.78 is 0. The molecule has 0 amide bonds. The first kappa shape index (κ1) is 14.0. The summed E-state index contributed by atoms with van der Waals surface area (Å²) in [5, 5.41) is 17.0. The number of Topliss-reactive ketones (excluding diaryl/α,β-unsaturated/α-hetero) is 1. The van der Waals surface area contributed by atoms with Crippen molar-refractivity contribution >= 4 is 11.6 Å². The summed E-state index contributed by atoms with van der Waals surface area (Å²) in [7, 11) is 0. The topological polar surface area (TPSA) is 74.6 Å². The minimum Gasteiger partial charge on any atom is -0.368 e. The third kappa shape index (κ3) is 9.31. The van der Waals surface area contributed by atoms with Crippen LogP contribution in [0.15, 0.2) is 12.2 Å². The molecular weight excluding hydrogens is 196 g/mol. The Bertz CT molecular complexity index is 231. The Balaban J connectivity index is 3.66. The number of aliphatic hydroxyl groups excluding tert-OH is 1. The Morgan fingerprint density at radius 2 is 1.93 bits per heavy atom. The van der Waals surface area contributed by atoms with Gasteiger partial charge in [-0.2, -0.15) is 0 Å². The van der Waals surface area contributed by atoms with E-state index in [1.165, 1.54) is 6.08 Å². The normalized spacial score (nSPS) is 11.2. The van der Waals surface area contributed by atoms with Gasteiger partial charge in [0.1, 0.15) is 5.78 Å². The molecule has 0 aliphatic carbocycles. The summed E-state index contributed by atoms with van der Waals surface area (Å²) in [5.41, 5.74) is 0. The van der Waals surface area contributed by atoms with Crippen LogP contribution < -0.4 is 0 Å². The van der Waals surface area contributed by atoms with Gasteiger partial charge < -0.3 is 10.2 Å². The van der Waals surface area contributed by atoms with Crippen molar-refractivity contribution in [3.05, 3.63) is 12.2 Å². The molecule has 0 bridgehead atoms. The summed E-state index contributed by atoms with van der Waals surface area (Å²) in [6, 6.07) is 0. The minimum absolute atomic E-state index is 0.0763. The fourth-order valence-corrected chi connectivity index (χ4v) is 1.03. The van der Waals surface area contributed by atoms with Gasteiger partial charge in [0.05, 0.1) is 6.42 Å². The van der Waals surface area contributed by atoms with Gasteiger partial charge in [0.2, 0.25) is 0 Å². The third-order valence-electron chi connectivity index (χ3n) is 1.82. The summed E-state index contributed by atoms with van der Waals surface area (Å²) in [6.07, 6.45) is 3.42. The average molecular weight is 214 g/mol. The molecule has 2 N–H and O–H groups in total. The molecule has 0 aromatic rings. The zero-order chi connectivity index (χ0) is 11.7. The molecule has 0 rings (SSSR count). The van der Waals surface area contributed by atoms with Crippen LogP contribution in [0, 0.1) is 0 Å². The fourth-order valence-electron chi connectivity index (χ4n) is 1.03. The van der Waals surface area contributed by atoms with E-state index in [2.05, 4.69) is 0 Å². The van der Waals surface area contributed by atoms with Crippen LogP contribution in [0.5, 0.6) is 0 Å². The molecule has 0 radical (unpaired) electrons. The van der Waals surface area contributed by atoms with Crippen LogP contribution in [0.3, 0.4) is 0 Å². The van der Waals surface area contributed by atoms with Crippen molar-refractivity contribution in [2.75, 3.05) is 0 Å². The lowest BCUT2D eigenvalue weighted by atomic mass is 10.1. The van der Waals surface area contributed by atoms with E-state index in [1.807, 2.05) is 6.92 Å². The number of aliphatic hydroxyl groups is 2. The van der Waals surface area contributed by atoms with Crippen molar-refractivity contribution in [2.45, 2.75) is 45.3 Å². The second-order valence-electron chi connectivity index (χ2n) is 3.38. The lowest BCUT2D eigenvalue weighted by Gasteiger charge is -2.00. The van der Waals surface area contributed by atoms with Gasteiger partial charge in [0, 0.05) is 12.8 Å². The Kier molecular flexibility index (Phi) is 7.77. The number of carbonyl (C=O) groups excluding carboxylic acids is 2. The number of allylic oxidation sites excluding steroid dienone is 2. The molecule has 0 spiro atoms. The van der Waals surface area contributed by atoms with Crippen molar-refractivity contribution in [3.63, 3.8) is 0 Å². The second kappa shape index (κ2) is 8.32. The number of hydrogen-bond acceptors (Lipinski definition) is 4. The zero-order valence-corrected chi connectivity index (χ0v) is 8.98. The van der Waals surface area contributed by atoms with Gasteiger partial charge in [-0.1, -0.05) is 19.4 Å². The molecule has 0 aliphatic rings. The minimum atomic E-state index is -1.61. The summed E-state index contributed by atoms with van der Waals surface area (Å²) >= 11 is 0. The number of unbranched alkanes of at least 4 members (excludes halogenated alkanes) is 1. The van der Waals surface area contributed by atoms with Crippen molar-refractivity contribution in [1.82, 2.24) is 0 Å².